The second-order valence-corrected chi connectivity index (χ2v) is 3.81. The van der Waals surface area contributed by atoms with E-state index in [1.165, 1.54) is 17.3 Å². The molecule has 15 heavy (non-hydrogen) atoms. The Hall–Kier alpha value is -1.83. The second kappa shape index (κ2) is 3.73. The molecule has 1 aromatic heterocycles. The molecule has 0 fully saturated rings. The predicted octanol–water partition coefficient (Wildman–Crippen LogP) is 3.07. The maximum absolute atomic E-state index is 9.35. The van der Waals surface area contributed by atoms with Crippen molar-refractivity contribution in [2.45, 2.75) is 13.8 Å². The van der Waals surface area contributed by atoms with Gasteiger partial charge in [-0.05, 0) is 25.5 Å². The molecule has 0 aliphatic carbocycles. The lowest BCUT2D eigenvalue weighted by molar-refractivity contribution is 0.473. The highest BCUT2D eigenvalue weighted by atomic mass is 16.3. The molecule has 0 saturated heterocycles. The van der Waals surface area contributed by atoms with E-state index in [9.17, 15) is 5.11 Å². The van der Waals surface area contributed by atoms with Gasteiger partial charge in [0.05, 0.1) is 6.20 Å². The highest BCUT2D eigenvalue weighted by Crippen LogP contribution is 2.23. The zero-order valence-electron chi connectivity index (χ0n) is 8.86. The predicted molar refractivity (Wildman–Crippen MR) is 60.8 cm³/mol. The van der Waals surface area contributed by atoms with Crippen LogP contribution in [-0.4, -0.2) is 10.1 Å². The fraction of sp³-hybridized carbons (Fsp3) is 0.154. The highest BCUT2D eigenvalue weighted by Gasteiger charge is 2.00. The molecule has 1 aromatic carbocycles. The fourth-order valence-corrected chi connectivity index (χ4v) is 1.73. The molecule has 76 valence electrons. The number of rotatable bonds is 1. The summed E-state index contributed by atoms with van der Waals surface area (Å²) < 4.78 is 0. The monoisotopic (exact) mass is 199 g/mol. The number of hydrogen-bond acceptors (Lipinski definition) is 2. The Balaban J connectivity index is 2.54. The standard InChI is InChI=1S/C13H13NO/c1-9-3-10(2)5-11(4-9)12-6-13(15)8-14-7-12/h3-8,15H,1-2H3. The lowest BCUT2D eigenvalue weighted by Crippen LogP contribution is -1.83. The van der Waals surface area contributed by atoms with E-state index in [0.717, 1.165) is 11.1 Å². The van der Waals surface area contributed by atoms with Crippen LogP contribution in [0, 0.1) is 13.8 Å². The summed E-state index contributed by atoms with van der Waals surface area (Å²) in [5.41, 5.74) is 4.47. The smallest absolute Gasteiger partial charge is 0.134 e. The summed E-state index contributed by atoms with van der Waals surface area (Å²) in [7, 11) is 0. The van der Waals surface area contributed by atoms with Crippen molar-refractivity contribution < 1.29 is 5.11 Å². The van der Waals surface area contributed by atoms with E-state index in [1.54, 1.807) is 12.3 Å². The maximum Gasteiger partial charge on any atom is 0.134 e. The van der Waals surface area contributed by atoms with Gasteiger partial charge in [-0.1, -0.05) is 29.3 Å². The van der Waals surface area contributed by atoms with Crippen LogP contribution < -0.4 is 0 Å². The Morgan fingerprint density at radius 1 is 0.867 bits per heavy atom. The molecule has 1 N–H and O–H groups in total. The van der Waals surface area contributed by atoms with E-state index in [2.05, 4.69) is 37.0 Å². The molecule has 2 heteroatoms. The fourth-order valence-electron chi connectivity index (χ4n) is 1.73. The van der Waals surface area contributed by atoms with Crippen LogP contribution in [0.5, 0.6) is 5.75 Å². The molecule has 0 bridgehead atoms. The van der Waals surface area contributed by atoms with Crippen molar-refractivity contribution in [1.82, 2.24) is 4.98 Å². The lowest BCUT2D eigenvalue weighted by atomic mass is 10.0. The molecule has 0 atom stereocenters. The number of aryl methyl sites for hydroxylation is 2. The van der Waals surface area contributed by atoms with Crippen LogP contribution in [-0.2, 0) is 0 Å². The summed E-state index contributed by atoms with van der Waals surface area (Å²) >= 11 is 0. The normalized spacial score (nSPS) is 10.3. The minimum Gasteiger partial charge on any atom is -0.506 e. The van der Waals surface area contributed by atoms with Gasteiger partial charge in [0.15, 0.2) is 0 Å². The molecule has 0 amide bonds. The molecule has 0 aliphatic heterocycles. The Morgan fingerprint density at radius 2 is 1.53 bits per heavy atom. The van der Waals surface area contributed by atoms with Gasteiger partial charge in [-0.2, -0.15) is 0 Å². The van der Waals surface area contributed by atoms with Crippen LogP contribution >= 0.6 is 0 Å². The largest absolute Gasteiger partial charge is 0.506 e. The quantitative estimate of drug-likeness (QED) is 0.765. The van der Waals surface area contributed by atoms with E-state index in [0.29, 0.717) is 0 Å². The average molecular weight is 199 g/mol. The number of nitrogens with zero attached hydrogens (tertiary/aromatic N) is 1. The number of hydrogen-bond donors (Lipinski definition) is 1. The van der Waals surface area contributed by atoms with Crippen molar-refractivity contribution in [2.75, 3.05) is 0 Å². The number of pyridine rings is 1. The van der Waals surface area contributed by atoms with E-state index in [-0.39, 0.29) is 5.75 Å². The molecule has 2 aromatic rings. The minimum absolute atomic E-state index is 0.201. The van der Waals surface area contributed by atoms with Gasteiger partial charge in [0.1, 0.15) is 5.75 Å². The van der Waals surface area contributed by atoms with Crippen molar-refractivity contribution in [3.63, 3.8) is 0 Å². The maximum atomic E-state index is 9.35. The summed E-state index contributed by atoms with van der Waals surface area (Å²) in [4.78, 5) is 3.97. The van der Waals surface area contributed by atoms with Crippen molar-refractivity contribution in [1.29, 1.82) is 0 Å². The Kier molecular flexibility index (Phi) is 2.42. The molecule has 0 radical (unpaired) electrons. The Morgan fingerprint density at radius 3 is 2.13 bits per heavy atom. The first kappa shape index (κ1) is 9.71. The summed E-state index contributed by atoms with van der Waals surface area (Å²) in [6.07, 6.45) is 3.19. The number of aromatic hydroxyl groups is 1. The third-order valence-corrected chi connectivity index (χ3v) is 2.28. The molecule has 1 heterocycles. The third kappa shape index (κ3) is 2.15. The van der Waals surface area contributed by atoms with Crippen LogP contribution in [0.2, 0.25) is 0 Å². The molecular formula is C13H13NO. The van der Waals surface area contributed by atoms with Crippen LogP contribution in [0.15, 0.2) is 36.7 Å². The molecule has 2 rings (SSSR count). The SMILES string of the molecule is Cc1cc(C)cc(-c2cncc(O)c2)c1. The first-order valence-electron chi connectivity index (χ1n) is 4.88. The third-order valence-electron chi connectivity index (χ3n) is 2.28. The Bertz CT molecular complexity index is 471. The van der Waals surface area contributed by atoms with Gasteiger partial charge in [-0.15, -0.1) is 0 Å². The summed E-state index contributed by atoms with van der Waals surface area (Å²) in [5.74, 6) is 0.201. The van der Waals surface area contributed by atoms with Gasteiger partial charge >= 0.3 is 0 Å². The summed E-state index contributed by atoms with van der Waals surface area (Å²) in [6.45, 7) is 4.12. The van der Waals surface area contributed by atoms with Crippen LogP contribution in [0.1, 0.15) is 11.1 Å². The zero-order chi connectivity index (χ0) is 10.8. The minimum atomic E-state index is 0.201. The molecule has 0 aliphatic rings. The van der Waals surface area contributed by atoms with Gasteiger partial charge in [-0.3, -0.25) is 4.98 Å². The van der Waals surface area contributed by atoms with Crippen LogP contribution in [0.4, 0.5) is 0 Å². The molecule has 2 nitrogen and oxygen atoms in total. The van der Waals surface area contributed by atoms with Crippen LogP contribution in [0.3, 0.4) is 0 Å². The average Bonchev–Trinajstić information content (AvgIpc) is 2.16. The van der Waals surface area contributed by atoms with Gasteiger partial charge in [0, 0.05) is 11.8 Å². The van der Waals surface area contributed by atoms with Crippen molar-refractivity contribution in [2.24, 2.45) is 0 Å². The molecule has 0 saturated carbocycles. The van der Waals surface area contributed by atoms with E-state index in [1.807, 2.05) is 0 Å². The first-order chi connectivity index (χ1) is 7.15. The second-order valence-electron chi connectivity index (χ2n) is 3.81. The van der Waals surface area contributed by atoms with E-state index in [4.69, 9.17) is 0 Å². The molecular weight excluding hydrogens is 186 g/mol. The molecule has 0 unspecified atom stereocenters. The lowest BCUT2D eigenvalue weighted by Gasteiger charge is -2.05. The van der Waals surface area contributed by atoms with E-state index < -0.39 is 0 Å². The van der Waals surface area contributed by atoms with E-state index >= 15 is 0 Å². The van der Waals surface area contributed by atoms with Gasteiger partial charge in [0.2, 0.25) is 0 Å². The number of benzene rings is 1. The molecule has 0 spiro atoms. The topological polar surface area (TPSA) is 33.1 Å². The first-order valence-corrected chi connectivity index (χ1v) is 4.88. The van der Waals surface area contributed by atoms with Crippen molar-refractivity contribution in [3.05, 3.63) is 47.8 Å². The van der Waals surface area contributed by atoms with Crippen molar-refractivity contribution in [3.8, 4) is 16.9 Å². The van der Waals surface area contributed by atoms with Gasteiger partial charge in [0.25, 0.3) is 0 Å². The van der Waals surface area contributed by atoms with Gasteiger partial charge in [-0.25, -0.2) is 0 Å². The number of aromatic nitrogens is 1. The van der Waals surface area contributed by atoms with Crippen LogP contribution in [0.25, 0.3) is 11.1 Å². The zero-order valence-corrected chi connectivity index (χ0v) is 8.86. The highest BCUT2D eigenvalue weighted by molar-refractivity contribution is 5.65. The summed E-state index contributed by atoms with van der Waals surface area (Å²) in [5, 5.41) is 9.35. The van der Waals surface area contributed by atoms with Crippen molar-refractivity contribution >= 4 is 0 Å². The van der Waals surface area contributed by atoms with Gasteiger partial charge < -0.3 is 5.11 Å². The Labute approximate surface area is 89.2 Å². The summed E-state index contributed by atoms with van der Waals surface area (Å²) in [6, 6.07) is 8.02.